The van der Waals surface area contributed by atoms with Crippen molar-refractivity contribution >= 4 is 21.6 Å². The third-order valence-corrected chi connectivity index (χ3v) is 3.58. The van der Waals surface area contributed by atoms with E-state index in [0.29, 0.717) is 31.0 Å². The van der Waals surface area contributed by atoms with Crippen LogP contribution in [0.3, 0.4) is 0 Å². The van der Waals surface area contributed by atoms with Crippen molar-refractivity contribution in [2.75, 3.05) is 25.1 Å². The molecule has 2 N–H and O–H groups in total. The van der Waals surface area contributed by atoms with E-state index < -0.39 is 6.10 Å². The summed E-state index contributed by atoms with van der Waals surface area (Å²) in [7, 11) is 0. The third kappa shape index (κ3) is 7.47. The summed E-state index contributed by atoms with van der Waals surface area (Å²) in [5, 5.41) is 22.0. The van der Waals surface area contributed by atoms with Crippen molar-refractivity contribution in [2.45, 2.75) is 38.7 Å². The van der Waals surface area contributed by atoms with Gasteiger partial charge in [-0.05, 0) is 24.6 Å². The van der Waals surface area contributed by atoms with Gasteiger partial charge in [0.1, 0.15) is 6.07 Å². The lowest BCUT2D eigenvalue weighted by molar-refractivity contribution is 0.0417. The zero-order valence-corrected chi connectivity index (χ0v) is 14.0. The van der Waals surface area contributed by atoms with Crippen LogP contribution in [-0.4, -0.2) is 31.0 Å². The van der Waals surface area contributed by atoms with Crippen LogP contribution in [0.1, 0.15) is 38.2 Å². The minimum absolute atomic E-state index is 0.314. The Bertz CT molecular complexity index is 460. The van der Waals surface area contributed by atoms with Crippen LogP contribution in [0, 0.1) is 11.3 Å². The molecule has 0 saturated heterocycles. The Hall–Kier alpha value is -1.09. The van der Waals surface area contributed by atoms with Gasteiger partial charge in [0.25, 0.3) is 0 Å². The molecule has 1 rings (SSSR count). The predicted molar refractivity (Wildman–Crippen MR) is 88.3 cm³/mol. The molecule has 0 aliphatic carbocycles. The summed E-state index contributed by atoms with van der Waals surface area (Å²) in [6, 6.07) is 7.51. The molecule has 1 atom stereocenters. The number of anilines is 1. The van der Waals surface area contributed by atoms with Crippen molar-refractivity contribution in [3.63, 3.8) is 0 Å². The van der Waals surface area contributed by atoms with Gasteiger partial charge >= 0.3 is 0 Å². The zero-order chi connectivity index (χ0) is 15.5. The van der Waals surface area contributed by atoms with E-state index in [-0.39, 0.29) is 0 Å². The van der Waals surface area contributed by atoms with Crippen molar-refractivity contribution in [2.24, 2.45) is 0 Å². The zero-order valence-electron chi connectivity index (χ0n) is 12.4. The Kier molecular flexibility index (Phi) is 9.07. The number of rotatable bonds is 10. The third-order valence-electron chi connectivity index (χ3n) is 3.08. The summed E-state index contributed by atoms with van der Waals surface area (Å²) < 4.78 is 6.34. The van der Waals surface area contributed by atoms with Gasteiger partial charge in [0.05, 0.1) is 24.0 Å². The highest BCUT2D eigenvalue weighted by Gasteiger charge is 2.07. The number of benzene rings is 1. The quantitative estimate of drug-likeness (QED) is 0.629. The molecule has 5 heteroatoms. The lowest BCUT2D eigenvalue weighted by atomic mass is 10.2. The SMILES string of the molecule is CCCCCCOCC(O)CNc1cc(Br)ccc1C#N. The highest BCUT2D eigenvalue weighted by molar-refractivity contribution is 9.10. The van der Waals surface area contributed by atoms with E-state index in [1.165, 1.54) is 19.3 Å². The molecule has 0 bridgehead atoms. The van der Waals surface area contributed by atoms with Gasteiger partial charge in [-0.3, -0.25) is 0 Å². The van der Waals surface area contributed by atoms with E-state index >= 15 is 0 Å². The van der Waals surface area contributed by atoms with E-state index in [0.717, 1.165) is 10.9 Å². The second kappa shape index (κ2) is 10.6. The molecule has 1 unspecified atom stereocenters. The molecular formula is C16H23BrN2O2. The lowest BCUT2D eigenvalue weighted by Gasteiger charge is -2.14. The highest BCUT2D eigenvalue weighted by Crippen LogP contribution is 2.20. The fraction of sp³-hybridized carbons (Fsp3) is 0.562. The standard InChI is InChI=1S/C16H23BrN2O2/c1-2-3-4-5-8-21-12-15(20)11-19-16-9-14(17)7-6-13(16)10-18/h6-7,9,15,19-20H,2-5,8,11-12H2,1H3. The molecule has 0 aliphatic heterocycles. The molecule has 0 heterocycles. The lowest BCUT2D eigenvalue weighted by Crippen LogP contribution is -2.25. The monoisotopic (exact) mass is 354 g/mol. The van der Waals surface area contributed by atoms with Crippen LogP contribution in [-0.2, 0) is 4.74 Å². The van der Waals surface area contributed by atoms with Gasteiger partial charge in [0, 0.05) is 17.6 Å². The Morgan fingerprint density at radius 1 is 1.38 bits per heavy atom. The Balaban J connectivity index is 2.25. The molecule has 1 aromatic carbocycles. The van der Waals surface area contributed by atoms with Crippen molar-refractivity contribution in [3.05, 3.63) is 28.2 Å². The van der Waals surface area contributed by atoms with Gasteiger partial charge in [-0.25, -0.2) is 0 Å². The van der Waals surface area contributed by atoms with Crippen molar-refractivity contribution < 1.29 is 9.84 Å². The van der Waals surface area contributed by atoms with Crippen LogP contribution >= 0.6 is 15.9 Å². The molecular weight excluding hydrogens is 332 g/mol. The van der Waals surface area contributed by atoms with Gasteiger partial charge in [-0.2, -0.15) is 5.26 Å². The molecule has 0 radical (unpaired) electrons. The summed E-state index contributed by atoms with van der Waals surface area (Å²) in [6.45, 7) is 3.54. The van der Waals surface area contributed by atoms with Crippen LogP contribution < -0.4 is 5.32 Å². The average Bonchev–Trinajstić information content (AvgIpc) is 2.49. The molecule has 4 nitrogen and oxygen atoms in total. The largest absolute Gasteiger partial charge is 0.389 e. The van der Waals surface area contributed by atoms with Gasteiger partial charge in [0.2, 0.25) is 0 Å². The van der Waals surface area contributed by atoms with Gasteiger partial charge in [-0.1, -0.05) is 42.1 Å². The normalized spacial score (nSPS) is 11.9. The molecule has 0 spiro atoms. The van der Waals surface area contributed by atoms with Gasteiger partial charge in [0.15, 0.2) is 0 Å². The second-order valence-electron chi connectivity index (χ2n) is 4.97. The Labute approximate surface area is 135 Å². The van der Waals surface area contributed by atoms with E-state index in [1.807, 2.05) is 12.1 Å². The first kappa shape index (κ1) is 18.0. The molecule has 0 saturated carbocycles. The number of hydrogen-bond acceptors (Lipinski definition) is 4. The van der Waals surface area contributed by atoms with Crippen molar-refractivity contribution in [1.82, 2.24) is 0 Å². The van der Waals surface area contributed by atoms with Crippen LogP contribution in [0.5, 0.6) is 0 Å². The Morgan fingerprint density at radius 3 is 2.90 bits per heavy atom. The first-order chi connectivity index (χ1) is 10.2. The number of unbranched alkanes of at least 4 members (excludes halogenated alkanes) is 3. The first-order valence-electron chi connectivity index (χ1n) is 7.36. The number of nitriles is 1. The van der Waals surface area contributed by atoms with Crippen LogP contribution in [0.15, 0.2) is 22.7 Å². The van der Waals surface area contributed by atoms with E-state index in [1.54, 1.807) is 6.07 Å². The number of hydrogen-bond donors (Lipinski definition) is 2. The number of nitrogens with one attached hydrogen (secondary N) is 1. The summed E-state index contributed by atoms with van der Waals surface area (Å²) in [6.07, 6.45) is 4.07. The maximum atomic E-state index is 9.86. The molecule has 116 valence electrons. The predicted octanol–water partition coefficient (Wildman–Crippen LogP) is 3.69. The summed E-state index contributed by atoms with van der Waals surface area (Å²) in [5.41, 5.74) is 1.28. The fourth-order valence-corrected chi connectivity index (χ4v) is 2.26. The van der Waals surface area contributed by atoms with Crippen LogP contribution in [0.4, 0.5) is 5.69 Å². The minimum atomic E-state index is -0.582. The smallest absolute Gasteiger partial charge is 0.101 e. The highest BCUT2D eigenvalue weighted by atomic mass is 79.9. The van der Waals surface area contributed by atoms with Gasteiger partial charge < -0.3 is 15.2 Å². The fourth-order valence-electron chi connectivity index (χ4n) is 1.90. The van der Waals surface area contributed by atoms with E-state index in [4.69, 9.17) is 10.00 Å². The molecule has 0 amide bonds. The summed E-state index contributed by atoms with van der Waals surface area (Å²) >= 11 is 3.37. The second-order valence-corrected chi connectivity index (χ2v) is 5.89. The molecule has 21 heavy (non-hydrogen) atoms. The van der Waals surface area contributed by atoms with Crippen molar-refractivity contribution in [3.8, 4) is 6.07 Å². The molecule has 0 aliphatic rings. The number of nitrogens with zero attached hydrogens (tertiary/aromatic N) is 1. The van der Waals surface area contributed by atoms with Crippen LogP contribution in [0.2, 0.25) is 0 Å². The minimum Gasteiger partial charge on any atom is -0.389 e. The topological polar surface area (TPSA) is 65.3 Å². The average molecular weight is 355 g/mol. The molecule has 0 aromatic heterocycles. The van der Waals surface area contributed by atoms with Crippen molar-refractivity contribution in [1.29, 1.82) is 5.26 Å². The van der Waals surface area contributed by atoms with E-state index in [9.17, 15) is 5.11 Å². The first-order valence-corrected chi connectivity index (χ1v) is 8.16. The maximum Gasteiger partial charge on any atom is 0.101 e. The van der Waals surface area contributed by atoms with E-state index in [2.05, 4.69) is 34.2 Å². The molecule has 1 aromatic rings. The van der Waals surface area contributed by atoms with Crippen LogP contribution in [0.25, 0.3) is 0 Å². The number of aliphatic hydroxyl groups excluding tert-OH is 1. The number of aliphatic hydroxyl groups is 1. The molecule has 0 fully saturated rings. The van der Waals surface area contributed by atoms with Gasteiger partial charge in [-0.15, -0.1) is 0 Å². The summed E-state index contributed by atoms with van der Waals surface area (Å²) in [4.78, 5) is 0. The Morgan fingerprint density at radius 2 is 2.19 bits per heavy atom. The number of ether oxygens (including phenoxy) is 1. The summed E-state index contributed by atoms with van der Waals surface area (Å²) in [5.74, 6) is 0. The maximum absolute atomic E-state index is 9.86. The number of halogens is 1.